The molecule has 63 valence electrons. The third-order valence-corrected chi connectivity index (χ3v) is 0.913. The zero-order valence-corrected chi connectivity index (χ0v) is 6.62. The second kappa shape index (κ2) is 5.70. The number of carbonyl (C=O) groups is 1. The summed E-state index contributed by atoms with van der Waals surface area (Å²) in [5.41, 5.74) is 0. The van der Waals surface area contributed by atoms with Gasteiger partial charge in [0, 0.05) is 6.42 Å². The van der Waals surface area contributed by atoms with Gasteiger partial charge in [-0.05, 0) is 5.92 Å². The van der Waals surface area contributed by atoms with Crippen molar-refractivity contribution >= 4 is 12.4 Å². The van der Waals surface area contributed by atoms with Crippen LogP contribution in [-0.4, -0.2) is 19.2 Å². The molecule has 0 saturated heterocycles. The largest absolute Gasteiger partial charge is 0.428 e. The summed E-state index contributed by atoms with van der Waals surface area (Å²) in [6, 6.07) is 0. The monoisotopic (exact) mass is 159 g/mol. The minimum Gasteiger partial charge on any atom is -0.428 e. The lowest BCUT2D eigenvalue weighted by molar-refractivity contribution is -0.151. The summed E-state index contributed by atoms with van der Waals surface area (Å²) in [5.74, 6) is -0.113. The summed E-state index contributed by atoms with van der Waals surface area (Å²) in [7, 11) is 0. The van der Waals surface area contributed by atoms with Gasteiger partial charge in [-0.2, -0.15) is 0 Å². The molecule has 0 heterocycles. The van der Waals surface area contributed by atoms with E-state index in [1.807, 2.05) is 13.8 Å². The first-order valence-corrected chi connectivity index (χ1v) is 3.31. The summed E-state index contributed by atoms with van der Waals surface area (Å²) >= 11 is 0. The fourth-order valence-electron chi connectivity index (χ4n) is 0.512. The van der Waals surface area contributed by atoms with Gasteiger partial charge in [0.2, 0.25) is 6.79 Å². The molecule has 0 bridgehead atoms. The first kappa shape index (κ1) is 9.94. The van der Waals surface area contributed by atoms with E-state index in [1.165, 1.54) is 0 Å². The van der Waals surface area contributed by atoms with Crippen molar-refractivity contribution in [2.75, 3.05) is 6.79 Å². The molecule has 0 saturated carbocycles. The molecule has 0 spiro atoms. The highest BCUT2D eigenvalue weighted by molar-refractivity contribution is 5.69. The molecule has 0 fully saturated rings. The zero-order chi connectivity index (χ0) is 8.69. The van der Waals surface area contributed by atoms with E-state index in [9.17, 15) is 9.59 Å². The normalized spacial score (nSPS) is 9.36. The maximum Gasteiger partial charge on any atom is 0.420 e. The summed E-state index contributed by atoms with van der Waals surface area (Å²) in [6.07, 6.45) is 0.336. The Morgan fingerprint density at radius 3 is 2.64 bits per heavy atom. The Kier molecular flexibility index (Phi) is 5.15. The van der Waals surface area contributed by atoms with Crippen LogP contribution < -0.4 is 0 Å². The molecular weight excluding hydrogens is 148 g/mol. The third-order valence-electron chi connectivity index (χ3n) is 0.913. The van der Waals surface area contributed by atoms with Crippen molar-refractivity contribution in [1.82, 2.24) is 0 Å². The van der Waals surface area contributed by atoms with E-state index in [1.54, 1.807) is 0 Å². The first-order valence-electron chi connectivity index (χ1n) is 3.31. The lowest BCUT2D eigenvalue weighted by atomic mass is 10.1. The quantitative estimate of drug-likeness (QED) is 0.335. The number of esters is 1. The molecule has 0 N–H and O–H groups in total. The third kappa shape index (κ3) is 6.83. The topological polar surface area (TPSA) is 52.6 Å². The molecule has 11 heavy (non-hydrogen) atoms. The standard InChI is InChI=1S/C7H11O4/c1-6(2)3-7(9)11-5-10-4-8/h6H,3,5H2,1-2H3. The first-order chi connectivity index (χ1) is 5.16. The van der Waals surface area contributed by atoms with Gasteiger partial charge >= 0.3 is 12.4 Å². The van der Waals surface area contributed by atoms with Crippen LogP contribution in [0.25, 0.3) is 0 Å². The number of carbonyl (C=O) groups excluding carboxylic acids is 2. The molecule has 0 amide bonds. The minimum atomic E-state index is -0.366. The smallest absolute Gasteiger partial charge is 0.420 e. The Labute approximate surface area is 65.5 Å². The van der Waals surface area contributed by atoms with E-state index >= 15 is 0 Å². The van der Waals surface area contributed by atoms with Crippen molar-refractivity contribution < 1.29 is 19.1 Å². The van der Waals surface area contributed by atoms with Crippen molar-refractivity contribution in [3.05, 3.63) is 0 Å². The molecule has 0 rings (SSSR count). The van der Waals surface area contributed by atoms with Crippen LogP contribution in [0.1, 0.15) is 20.3 Å². The molecule has 0 aromatic heterocycles. The second-order valence-corrected chi connectivity index (χ2v) is 2.46. The van der Waals surface area contributed by atoms with Crippen molar-refractivity contribution in [2.45, 2.75) is 20.3 Å². The summed E-state index contributed by atoms with van der Waals surface area (Å²) in [6.45, 7) is 4.60. The Morgan fingerprint density at radius 1 is 1.55 bits per heavy atom. The molecule has 0 unspecified atom stereocenters. The lowest BCUT2D eigenvalue weighted by Gasteiger charge is -2.03. The van der Waals surface area contributed by atoms with E-state index < -0.39 is 0 Å². The van der Waals surface area contributed by atoms with Gasteiger partial charge in [0.15, 0.2) is 0 Å². The maximum atomic E-state index is 10.7. The second-order valence-electron chi connectivity index (χ2n) is 2.46. The van der Waals surface area contributed by atoms with Crippen LogP contribution in [0.15, 0.2) is 0 Å². The van der Waals surface area contributed by atoms with Gasteiger partial charge < -0.3 is 9.47 Å². The number of rotatable bonds is 5. The molecule has 0 aromatic rings. The highest BCUT2D eigenvalue weighted by Crippen LogP contribution is 2.00. The van der Waals surface area contributed by atoms with E-state index in [0.717, 1.165) is 6.47 Å². The van der Waals surface area contributed by atoms with E-state index in [4.69, 9.17) is 0 Å². The van der Waals surface area contributed by atoms with E-state index in [-0.39, 0.29) is 18.7 Å². The van der Waals surface area contributed by atoms with Gasteiger partial charge in [-0.15, -0.1) is 0 Å². The Balaban J connectivity index is 3.30. The summed E-state index contributed by atoms with van der Waals surface area (Å²) in [4.78, 5) is 20.2. The van der Waals surface area contributed by atoms with Gasteiger partial charge in [-0.3, -0.25) is 4.79 Å². The molecular formula is C7H11O4. The number of hydrogen-bond donors (Lipinski definition) is 0. The number of ether oxygens (including phenoxy) is 2. The van der Waals surface area contributed by atoms with Crippen LogP contribution >= 0.6 is 0 Å². The highest BCUT2D eigenvalue weighted by Gasteiger charge is 2.04. The average Bonchev–Trinajstić information content (AvgIpc) is 1.86. The fraction of sp³-hybridized carbons (Fsp3) is 0.714. The highest BCUT2D eigenvalue weighted by atomic mass is 16.7. The van der Waals surface area contributed by atoms with Gasteiger partial charge in [0.25, 0.3) is 0 Å². The molecule has 0 aliphatic carbocycles. The molecule has 0 atom stereocenters. The molecule has 0 aromatic carbocycles. The molecule has 1 radical (unpaired) electrons. The van der Waals surface area contributed by atoms with Crippen molar-refractivity contribution in [3.8, 4) is 0 Å². The van der Waals surface area contributed by atoms with Crippen molar-refractivity contribution in [1.29, 1.82) is 0 Å². The maximum absolute atomic E-state index is 10.7. The van der Waals surface area contributed by atoms with Crippen LogP contribution in [0.2, 0.25) is 0 Å². The van der Waals surface area contributed by atoms with Crippen LogP contribution in [0.3, 0.4) is 0 Å². The number of hydrogen-bond acceptors (Lipinski definition) is 4. The SMILES string of the molecule is CC(C)CC(=O)OCO[C]=O. The molecule has 0 aliphatic heterocycles. The van der Waals surface area contributed by atoms with E-state index in [0.29, 0.717) is 6.42 Å². The zero-order valence-electron chi connectivity index (χ0n) is 6.62. The van der Waals surface area contributed by atoms with Gasteiger partial charge in [-0.1, -0.05) is 13.8 Å². The van der Waals surface area contributed by atoms with Crippen LogP contribution in [-0.2, 0) is 19.1 Å². The molecule has 4 heteroatoms. The summed E-state index contributed by atoms with van der Waals surface area (Å²) < 4.78 is 8.51. The minimum absolute atomic E-state index is 0.253. The van der Waals surface area contributed by atoms with Crippen molar-refractivity contribution in [3.63, 3.8) is 0 Å². The van der Waals surface area contributed by atoms with Gasteiger partial charge in [-0.25, -0.2) is 4.79 Å². The van der Waals surface area contributed by atoms with E-state index in [2.05, 4.69) is 9.47 Å². The van der Waals surface area contributed by atoms with Crippen molar-refractivity contribution in [2.24, 2.45) is 5.92 Å². The molecule has 4 nitrogen and oxygen atoms in total. The predicted molar refractivity (Wildman–Crippen MR) is 37.2 cm³/mol. The van der Waals surface area contributed by atoms with Crippen LogP contribution in [0.4, 0.5) is 0 Å². The van der Waals surface area contributed by atoms with Gasteiger partial charge in [0.1, 0.15) is 0 Å². The Hall–Kier alpha value is -1.06. The Bertz CT molecular complexity index is 130. The lowest BCUT2D eigenvalue weighted by Crippen LogP contribution is -2.10. The van der Waals surface area contributed by atoms with Crippen LogP contribution in [0.5, 0.6) is 0 Å². The molecule has 0 aliphatic rings. The Morgan fingerprint density at radius 2 is 2.18 bits per heavy atom. The fourth-order valence-corrected chi connectivity index (χ4v) is 0.512. The average molecular weight is 159 g/mol. The van der Waals surface area contributed by atoms with Crippen LogP contribution in [0, 0.1) is 5.92 Å². The van der Waals surface area contributed by atoms with Gasteiger partial charge in [0.05, 0.1) is 0 Å². The summed E-state index contributed by atoms with van der Waals surface area (Å²) in [5, 5.41) is 0. The predicted octanol–water partition coefficient (Wildman–Crippen LogP) is 0.617.